The quantitative estimate of drug-likeness (QED) is 0.0821. The number of hydrogen-bond donors (Lipinski definition) is 0. The second-order valence-electron chi connectivity index (χ2n) is 12.5. The topological polar surface area (TPSA) is 522 Å². The summed E-state index contributed by atoms with van der Waals surface area (Å²) < 4.78 is 0. The van der Waals surface area contributed by atoms with Crippen LogP contribution in [0.2, 0.25) is 0 Å². The van der Waals surface area contributed by atoms with Crippen molar-refractivity contribution in [3.8, 4) is 33.4 Å². The number of benzene rings is 2. The molecule has 0 spiro atoms. The first-order valence-corrected chi connectivity index (χ1v) is 18.6. The largest absolute Gasteiger partial charge is 2.00 e. The van der Waals surface area contributed by atoms with Crippen LogP contribution < -0.4 is 20.4 Å². The monoisotopic (exact) mass is 1120 g/mol. The van der Waals surface area contributed by atoms with Gasteiger partial charge in [-0.1, -0.05) is 24.3 Å². The Kier molecular flexibility index (Phi) is 38.4. The summed E-state index contributed by atoms with van der Waals surface area (Å²) in [6.07, 6.45) is 21.4. The number of carbonyl (C=O) groups is 4. The van der Waals surface area contributed by atoms with Gasteiger partial charge in [0.1, 0.15) is 0 Å². The Morgan fingerprint density at radius 2 is 0.486 bits per heavy atom. The van der Waals surface area contributed by atoms with Crippen LogP contribution in [0.25, 0.3) is 33.4 Å². The van der Waals surface area contributed by atoms with E-state index in [2.05, 4.69) is 29.9 Å². The molecule has 392 valence electrons. The molecule has 0 fully saturated rings. The van der Waals surface area contributed by atoms with Crippen molar-refractivity contribution in [3.05, 3.63) is 226 Å². The van der Waals surface area contributed by atoms with Crippen molar-refractivity contribution >= 4 is 35.3 Å². The van der Waals surface area contributed by atoms with Crippen molar-refractivity contribution in [2.75, 3.05) is 0 Å². The SMILES string of the molecule is O=C([O-])c1cccc([N+](=O)[O-])c1C(=O)[O-].O=C([O-])c1cccc([N+](=O)[O-])c1C(=O)[O-].[Co+2].[Co+2].[OH3+].[OH3+].[OH3+].[OH3+].[OH3+].[OH3+].c1cc(-c2ccncc2)ccn1.c1cc(-c2ccncc2)ccn1.c1cc(-c2ccncc2)ccn1. The molecule has 2 aromatic carbocycles. The zero-order valence-corrected chi connectivity index (χ0v) is 40.0. The maximum atomic E-state index is 10.5. The van der Waals surface area contributed by atoms with Gasteiger partial charge >= 0.3 is 33.6 Å². The summed E-state index contributed by atoms with van der Waals surface area (Å²) in [7, 11) is 0. The van der Waals surface area contributed by atoms with Gasteiger partial charge in [-0.15, -0.1) is 0 Å². The number of carbonyl (C=O) groups excluding carboxylic acids is 4. The van der Waals surface area contributed by atoms with Gasteiger partial charge < -0.3 is 72.5 Å². The Labute approximate surface area is 438 Å². The van der Waals surface area contributed by atoms with E-state index in [1.54, 1.807) is 74.4 Å². The van der Waals surface area contributed by atoms with Crippen molar-refractivity contribution in [3.63, 3.8) is 0 Å². The predicted octanol–water partition coefficient (Wildman–Crippen LogP) is -2.46. The number of rotatable bonds is 9. The van der Waals surface area contributed by atoms with Crippen LogP contribution in [0.3, 0.4) is 0 Å². The fraction of sp³-hybridized carbons (Fsp3) is 0. The van der Waals surface area contributed by atoms with E-state index in [0.29, 0.717) is 0 Å². The molecule has 0 saturated heterocycles. The Balaban J connectivity index is -0.000000262. The molecule has 8 aromatic rings. The molecule has 18 N–H and O–H groups in total. The molecule has 2 radical (unpaired) electrons. The van der Waals surface area contributed by atoms with Gasteiger partial charge in [0.2, 0.25) is 0 Å². The average molecular weight is 1120 g/mol. The number of hydrogen-bond acceptors (Lipinski definition) is 18. The van der Waals surface area contributed by atoms with E-state index in [9.17, 15) is 59.8 Å². The van der Waals surface area contributed by atoms with Crippen molar-refractivity contribution in [2.24, 2.45) is 0 Å². The Morgan fingerprint density at radius 3 is 0.622 bits per heavy atom. The average Bonchev–Trinajstić information content (AvgIpc) is 3.35. The Bertz CT molecular complexity index is 2450. The molecule has 0 aliphatic rings. The molecular weight excluding hydrogens is 1070 g/mol. The van der Waals surface area contributed by atoms with Gasteiger partial charge in [0, 0.05) is 97.6 Å². The number of nitrogens with zero attached hydrogens (tertiary/aromatic N) is 8. The third kappa shape index (κ3) is 22.7. The first-order chi connectivity index (χ1) is 31.8. The molecule has 74 heavy (non-hydrogen) atoms. The smallest absolute Gasteiger partial charge is 0.545 e. The number of carboxylic acid groups (broad SMARTS) is 4. The Morgan fingerprint density at radius 1 is 0.311 bits per heavy atom. The fourth-order valence-corrected chi connectivity index (χ4v) is 5.42. The minimum atomic E-state index is -1.93. The molecular formula is C46H48Co2N8O18+6. The minimum absolute atomic E-state index is 0. The molecule has 0 saturated carbocycles. The van der Waals surface area contributed by atoms with Crippen LogP contribution in [0.5, 0.6) is 0 Å². The minimum Gasteiger partial charge on any atom is -0.545 e. The normalized spacial score (nSPS) is 8.59. The first-order valence-electron chi connectivity index (χ1n) is 18.6. The molecule has 0 aliphatic heterocycles. The molecule has 6 aromatic heterocycles. The molecule has 28 heteroatoms. The van der Waals surface area contributed by atoms with Crippen LogP contribution in [0, 0.1) is 20.2 Å². The van der Waals surface area contributed by atoms with Gasteiger partial charge in [0.15, 0.2) is 0 Å². The van der Waals surface area contributed by atoms with Crippen LogP contribution in [0.1, 0.15) is 41.4 Å². The summed E-state index contributed by atoms with van der Waals surface area (Å²) in [4.78, 5) is 84.6. The number of carboxylic acids is 4. The van der Waals surface area contributed by atoms with Crippen LogP contribution in [0.4, 0.5) is 11.4 Å². The Hall–Kier alpha value is -9.21. The predicted molar refractivity (Wildman–Crippen MR) is 255 cm³/mol. The van der Waals surface area contributed by atoms with Crippen LogP contribution in [-0.4, -0.2) is 63.6 Å². The zero-order valence-electron chi connectivity index (χ0n) is 37.9. The van der Waals surface area contributed by atoms with E-state index >= 15 is 0 Å². The summed E-state index contributed by atoms with van der Waals surface area (Å²) >= 11 is 0. The molecule has 0 amide bonds. The van der Waals surface area contributed by atoms with Gasteiger partial charge in [-0.05, 0) is 106 Å². The maximum Gasteiger partial charge on any atom is 2.00 e. The van der Waals surface area contributed by atoms with Crippen molar-refractivity contribution < 1.29 is 116 Å². The summed E-state index contributed by atoms with van der Waals surface area (Å²) in [6, 6.07) is 29.4. The van der Waals surface area contributed by atoms with Crippen molar-refractivity contribution in [2.45, 2.75) is 0 Å². The summed E-state index contributed by atoms with van der Waals surface area (Å²) in [5.74, 6) is -7.47. The van der Waals surface area contributed by atoms with Crippen molar-refractivity contribution in [1.82, 2.24) is 29.9 Å². The van der Waals surface area contributed by atoms with E-state index in [1.165, 1.54) is 33.4 Å². The third-order valence-corrected chi connectivity index (χ3v) is 8.41. The molecule has 8 rings (SSSR count). The summed E-state index contributed by atoms with van der Waals surface area (Å²) in [6.45, 7) is 0. The second kappa shape index (κ2) is 38.5. The number of nitro groups is 2. The third-order valence-electron chi connectivity index (χ3n) is 8.41. The van der Waals surface area contributed by atoms with Crippen LogP contribution >= 0.6 is 0 Å². The number of pyridine rings is 6. The number of aromatic nitrogens is 6. The number of aromatic carboxylic acids is 4. The first kappa shape index (κ1) is 73.8. The summed E-state index contributed by atoms with van der Waals surface area (Å²) in [5, 5.41) is 62.8. The zero-order chi connectivity index (χ0) is 47.8. The fourth-order valence-electron chi connectivity index (χ4n) is 5.42. The van der Waals surface area contributed by atoms with E-state index in [0.717, 1.165) is 36.4 Å². The van der Waals surface area contributed by atoms with Gasteiger partial charge in [-0.25, -0.2) is 0 Å². The van der Waals surface area contributed by atoms with E-state index in [1.807, 2.05) is 72.8 Å². The van der Waals surface area contributed by atoms with E-state index in [-0.39, 0.29) is 66.4 Å². The molecule has 6 heterocycles. The maximum absolute atomic E-state index is 10.5. The molecule has 0 atom stereocenters. The number of nitro benzene ring substituents is 2. The second-order valence-corrected chi connectivity index (χ2v) is 12.5. The summed E-state index contributed by atoms with van der Waals surface area (Å²) in [5.41, 5.74) is 1.85. The van der Waals surface area contributed by atoms with Crippen LogP contribution in [0.15, 0.2) is 184 Å². The standard InChI is InChI=1S/3C10H8N2.2C8H5NO6.2Co.6H2O/c3*1-5-11-6-2-9(1)10-3-7-12-8-4-10;2*10-7(11)4-2-1-3-5(9(14)15)6(4)8(12)13;;;;;;;;/h3*1-8H;2*1-3H,(H,10,11)(H,12,13);;;6*1H2/q;;;;;2*+2;;;;;;/p+2. The van der Waals surface area contributed by atoms with Gasteiger partial charge in [-0.3, -0.25) is 50.1 Å². The molecule has 0 unspecified atom stereocenters. The van der Waals surface area contributed by atoms with Gasteiger partial charge in [0.25, 0.3) is 11.4 Å². The molecule has 0 bridgehead atoms. The van der Waals surface area contributed by atoms with E-state index in [4.69, 9.17) is 0 Å². The van der Waals surface area contributed by atoms with Gasteiger partial charge in [-0.2, -0.15) is 0 Å². The molecule has 0 aliphatic carbocycles. The van der Waals surface area contributed by atoms with Crippen LogP contribution in [-0.2, 0) is 66.4 Å². The van der Waals surface area contributed by atoms with Gasteiger partial charge in [0.05, 0.1) is 44.9 Å². The van der Waals surface area contributed by atoms with E-state index < -0.39 is 67.4 Å². The molecule has 26 nitrogen and oxygen atoms in total. The van der Waals surface area contributed by atoms with Crippen molar-refractivity contribution in [1.29, 1.82) is 0 Å².